The highest BCUT2D eigenvalue weighted by atomic mass is 16.7. The van der Waals surface area contributed by atoms with E-state index in [2.05, 4.69) is 12.7 Å². The first kappa shape index (κ1) is 11.2. The average Bonchev–Trinajstić information content (AvgIpc) is 2.19. The Hall–Kier alpha value is -0.860. The average molecular weight is 194 g/mol. The second-order valence-corrected chi connectivity index (χ2v) is 3.29. The molecule has 0 fully saturated rings. The summed E-state index contributed by atoms with van der Waals surface area (Å²) in [6.45, 7) is 8.32. The van der Waals surface area contributed by atoms with Crippen LogP contribution in [0.1, 0.15) is 20.3 Å². The Bertz CT molecular complexity index is 243. The molecule has 0 aromatic heterocycles. The predicted octanol–water partition coefficient (Wildman–Crippen LogP) is 2.83. The molecule has 78 valence electrons. The van der Waals surface area contributed by atoms with Crippen LogP contribution >= 0.6 is 0 Å². The van der Waals surface area contributed by atoms with Crippen molar-refractivity contribution in [1.82, 2.24) is 0 Å². The Kier molecular flexibility index (Phi) is 4.11. The second-order valence-electron chi connectivity index (χ2n) is 3.29. The molecular formula is C12H18O2. The minimum absolute atomic E-state index is 0.200. The Morgan fingerprint density at radius 2 is 2.36 bits per heavy atom. The van der Waals surface area contributed by atoms with Crippen molar-refractivity contribution in [2.24, 2.45) is 0 Å². The van der Waals surface area contributed by atoms with E-state index < -0.39 is 0 Å². The van der Waals surface area contributed by atoms with Gasteiger partial charge < -0.3 is 9.47 Å². The molecule has 0 bridgehead atoms. The van der Waals surface area contributed by atoms with Crippen molar-refractivity contribution in [3.63, 3.8) is 0 Å². The third kappa shape index (κ3) is 2.82. The summed E-state index contributed by atoms with van der Waals surface area (Å²) in [5.74, 6) is 0. The van der Waals surface area contributed by atoms with E-state index in [4.69, 9.17) is 9.47 Å². The van der Waals surface area contributed by atoms with E-state index >= 15 is 0 Å². The Balaban J connectivity index is 2.58. The van der Waals surface area contributed by atoms with Crippen molar-refractivity contribution in [3.05, 3.63) is 37.0 Å². The lowest BCUT2D eigenvalue weighted by molar-refractivity contribution is -0.168. The molecule has 0 amide bonds. The first-order chi connectivity index (χ1) is 6.72. The van der Waals surface area contributed by atoms with Gasteiger partial charge in [-0.25, -0.2) is 0 Å². The molecule has 0 aromatic rings. The molecule has 0 aromatic carbocycles. The van der Waals surface area contributed by atoms with Crippen molar-refractivity contribution in [2.75, 3.05) is 6.61 Å². The topological polar surface area (TPSA) is 18.5 Å². The maximum Gasteiger partial charge on any atom is 0.156 e. The van der Waals surface area contributed by atoms with Crippen molar-refractivity contribution in [3.8, 4) is 0 Å². The van der Waals surface area contributed by atoms with E-state index in [1.165, 1.54) is 0 Å². The lowest BCUT2D eigenvalue weighted by Gasteiger charge is -2.31. The van der Waals surface area contributed by atoms with E-state index in [0.29, 0.717) is 6.61 Å². The van der Waals surface area contributed by atoms with E-state index in [0.717, 1.165) is 6.42 Å². The molecule has 1 rings (SSSR count). The van der Waals surface area contributed by atoms with Crippen molar-refractivity contribution >= 4 is 0 Å². The van der Waals surface area contributed by atoms with Gasteiger partial charge in [-0.3, -0.25) is 0 Å². The number of hydrogen-bond donors (Lipinski definition) is 0. The zero-order valence-corrected chi connectivity index (χ0v) is 8.90. The van der Waals surface area contributed by atoms with Crippen LogP contribution in [0.3, 0.4) is 0 Å². The van der Waals surface area contributed by atoms with Gasteiger partial charge in [0.25, 0.3) is 0 Å². The van der Waals surface area contributed by atoms with Gasteiger partial charge in [-0.15, -0.1) is 0 Å². The van der Waals surface area contributed by atoms with Gasteiger partial charge in [0.2, 0.25) is 0 Å². The molecule has 0 spiro atoms. The van der Waals surface area contributed by atoms with Gasteiger partial charge in [-0.1, -0.05) is 30.9 Å². The van der Waals surface area contributed by atoms with Crippen molar-refractivity contribution in [2.45, 2.75) is 32.2 Å². The van der Waals surface area contributed by atoms with Gasteiger partial charge in [-0.05, 0) is 19.9 Å². The minimum atomic E-state index is -0.386. The first-order valence-electron chi connectivity index (χ1n) is 5.00. The van der Waals surface area contributed by atoms with Gasteiger partial charge in [0.1, 0.15) is 5.60 Å². The Morgan fingerprint density at radius 1 is 1.57 bits per heavy atom. The quantitative estimate of drug-likeness (QED) is 0.495. The number of allylic oxidation sites excluding steroid dienone is 2. The molecule has 2 nitrogen and oxygen atoms in total. The summed E-state index contributed by atoms with van der Waals surface area (Å²) >= 11 is 0. The zero-order chi connectivity index (χ0) is 10.4. The smallest absolute Gasteiger partial charge is 0.156 e. The molecule has 14 heavy (non-hydrogen) atoms. The summed E-state index contributed by atoms with van der Waals surface area (Å²) in [6.07, 6.45) is 10.5. The van der Waals surface area contributed by atoms with Gasteiger partial charge >= 0.3 is 0 Å². The number of hydrogen-bond acceptors (Lipinski definition) is 2. The maximum absolute atomic E-state index is 5.79. The van der Waals surface area contributed by atoms with Gasteiger partial charge in [-0.2, -0.15) is 0 Å². The Morgan fingerprint density at radius 3 is 2.86 bits per heavy atom. The lowest BCUT2D eigenvalue weighted by Crippen LogP contribution is -2.33. The zero-order valence-electron chi connectivity index (χ0n) is 8.90. The third-order valence-corrected chi connectivity index (χ3v) is 2.19. The molecule has 1 aliphatic carbocycles. The fourth-order valence-electron chi connectivity index (χ4n) is 1.48. The van der Waals surface area contributed by atoms with E-state index in [9.17, 15) is 0 Å². The van der Waals surface area contributed by atoms with Crippen LogP contribution in [0.5, 0.6) is 0 Å². The van der Waals surface area contributed by atoms with Crippen LogP contribution in [0.15, 0.2) is 37.0 Å². The van der Waals surface area contributed by atoms with E-state index in [-0.39, 0.29) is 11.9 Å². The van der Waals surface area contributed by atoms with Gasteiger partial charge in [0, 0.05) is 13.0 Å². The minimum Gasteiger partial charge on any atom is -0.353 e. The predicted molar refractivity (Wildman–Crippen MR) is 58.0 cm³/mol. The standard InChI is InChI=1S/C12H18O2/c1-4-12(9-7-6-8-10-12)14-11(3)13-5-2/h4,6-9,11H,1,5,10H2,2-3H3. The number of ether oxygens (including phenoxy) is 2. The van der Waals surface area contributed by atoms with Crippen LogP contribution < -0.4 is 0 Å². The fraction of sp³-hybridized carbons (Fsp3) is 0.500. The normalized spacial score (nSPS) is 27.6. The fourth-order valence-corrected chi connectivity index (χ4v) is 1.48. The van der Waals surface area contributed by atoms with Crippen LogP contribution in [0, 0.1) is 0 Å². The van der Waals surface area contributed by atoms with E-state index in [1.54, 1.807) is 0 Å². The molecule has 2 unspecified atom stereocenters. The van der Waals surface area contributed by atoms with E-state index in [1.807, 2.05) is 38.2 Å². The summed E-state index contributed by atoms with van der Waals surface area (Å²) in [6, 6.07) is 0. The molecule has 0 N–H and O–H groups in total. The lowest BCUT2D eigenvalue weighted by atomic mass is 9.95. The molecular weight excluding hydrogens is 176 g/mol. The van der Waals surface area contributed by atoms with Crippen molar-refractivity contribution in [1.29, 1.82) is 0 Å². The summed E-state index contributed by atoms with van der Waals surface area (Å²) in [7, 11) is 0. The maximum atomic E-state index is 5.79. The molecule has 2 heteroatoms. The molecule has 0 heterocycles. The molecule has 0 saturated carbocycles. The van der Waals surface area contributed by atoms with Gasteiger partial charge in [0.15, 0.2) is 6.29 Å². The van der Waals surface area contributed by atoms with Crippen molar-refractivity contribution < 1.29 is 9.47 Å². The van der Waals surface area contributed by atoms with Crippen LogP contribution in [-0.2, 0) is 9.47 Å². The van der Waals surface area contributed by atoms with Crippen LogP contribution in [-0.4, -0.2) is 18.5 Å². The highest BCUT2D eigenvalue weighted by molar-refractivity contribution is 5.24. The second kappa shape index (κ2) is 5.13. The SMILES string of the molecule is C=CC1(OC(C)OCC)C=CC=CC1. The molecule has 1 aliphatic rings. The third-order valence-electron chi connectivity index (χ3n) is 2.19. The Labute approximate surface area is 85.9 Å². The van der Waals surface area contributed by atoms with Crippen LogP contribution in [0.25, 0.3) is 0 Å². The monoisotopic (exact) mass is 194 g/mol. The highest BCUT2D eigenvalue weighted by Gasteiger charge is 2.26. The summed E-state index contributed by atoms with van der Waals surface area (Å²) < 4.78 is 11.1. The first-order valence-corrected chi connectivity index (χ1v) is 5.00. The summed E-state index contributed by atoms with van der Waals surface area (Å²) in [5, 5.41) is 0. The molecule has 0 radical (unpaired) electrons. The molecule has 2 atom stereocenters. The molecule has 0 aliphatic heterocycles. The highest BCUT2D eigenvalue weighted by Crippen LogP contribution is 2.25. The number of rotatable bonds is 5. The van der Waals surface area contributed by atoms with Gasteiger partial charge in [0.05, 0.1) is 0 Å². The summed E-state index contributed by atoms with van der Waals surface area (Å²) in [4.78, 5) is 0. The van der Waals surface area contributed by atoms with Crippen LogP contribution in [0.2, 0.25) is 0 Å². The summed E-state index contributed by atoms with van der Waals surface area (Å²) in [5.41, 5.74) is -0.386. The van der Waals surface area contributed by atoms with Crippen LogP contribution in [0.4, 0.5) is 0 Å². The largest absolute Gasteiger partial charge is 0.353 e. The molecule has 0 saturated heterocycles.